The summed E-state index contributed by atoms with van der Waals surface area (Å²) < 4.78 is 5.90. The smallest absolute Gasteiger partial charge is 0.259 e. The van der Waals surface area contributed by atoms with Gasteiger partial charge in [0.25, 0.3) is 5.89 Å². The number of amides is 1. The van der Waals surface area contributed by atoms with Gasteiger partial charge in [-0.2, -0.15) is 0 Å². The van der Waals surface area contributed by atoms with E-state index in [1.807, 2.05) is 43.0 Å². The largest absolute Gasteiger partial charge is 0.418 e. The lowest BCUT2D eigenvalue weighted by Crippen LogP contribution is -2.32. The van der Waals surface area contributed by atoms with Crippen LogP contribution >= 0.6 is 11.3 Å². The van der Waals surface area contributed by atoms with Gasteiger partial charge >= 0.3 is 0 Å². The molecule has 7 heteroatoms. The van der Waals surface area contributed by atoms with Gasteiger partial charge in [0.05, 0.1) is 17.6 Å². The molecule has 0 bridgehead atoms. The average Bonchev–Trinajstić information content (AvgIpc) is 3.35. The van der Waals surface area contributed by atoms with Crippen molar-refractivity contribution in [3.05, 3.63) is 52.5 Å². The van der Waals surface area contributed by atoms with E-state index in [2.05, 4.69) is 15.2 Å². The van der Waals surface area contributed by atoms with Crippen molar-refractivity contribution in [3.8, 4) is 10.8 Å². The molecule has 0 saturated carbocycles. The molecule has 0 N–H and O–H groups in total. The van der Waals surface area contributed by atoms with Crippen LogP contribution in [0.15, 0.2) is 34.2 Å². The lowest BCUT2D eigenvalue weighted by molar-refractivity contribution is -0.131. The SMILES string of the molecule is Cc1ccccc1CC(=O)N1CCC[C@H]1c1nnc(-c2scnc2C)o1. The first-order valence-electron chi connectivity index (χ1n) is 8.71. The van der Waals surface area contributed by atoms with Crippen molar-refractivity contribution in [1.29, 1.82) is 0 Å². The van der Waals surface area contributed by atoms with Crippen LogP contribution in [0, 0.1) is 13.8 Å². The van der Waals surface area contributed by atoms with E-state index in [0.29, 0.717) is 18.2 Å². The Morgan fingerprint density at radius 3 is 2.92 bits per heavy atom. The second kappa shape index (κ2) is 6.99. The quantitative estimate of drug-likeness (QED) is 0.702. The minimum absolute atomic E-state index is 0.107. The van der Waals surface area contributed by atoms with Crippen LogP contribution < -0.4 is 0 Å². The lowest BCUT2D eigenvalue weighted by atomic mass is 10.1. The summed E-state index contributed by atoms with van der Waals surface area (Å²) in [6.07, 6.45) is 2.20. The summed E-state index contributed by atoms with van der Waals surface area (Å²) in [5.74, 6) is 1.11. The predicted molar refractivity (Wildman–Crippen MR) is 98.7 cm³/mol. The molecule has 1 saturated heterocycles. The Bertz CT molecular complexity index is 933. The van der Waals surface area contributed by atoms with E-state index in [0.717, 1.165) is 41.1 Å². The number of thiazole rings is 1. The van der Waals surface area contributed by atoms with Gasteiger partial charge < -0.3 is 9.32 Å². The maximum absolute atomic E-state index is 12.9. The first-order valence-corrected chi connectivity index (χ1v) is 9.59. The molecule has 134 valence electrons. The summed E-state index contributed by atoms with van der Waals surface area (Å²) in [6.45, 7) is 4.68. The fourth-order valence-corrected chi connectivity index (χ4v) is 4.09. The normalized spacial score (nSPS) is 17.0. The molecule has 1 aromatic carbocycles. The zero-order valence-electron chi connectivity index (χ0n) is 14.8. The second-order valence-electron chi connectivity index (χ2n) is 6.56. The molecule has 26 heavy (non-hydrogen) atoms. The number of likely N-dealkylation sites (tertiary alicyclic amines) is 1. The molecule has 0 unspecified atom stereocenters. The summed E-state index contributed by atoms with van der Waals surface area (Å²) in [7, 11) is 0. The van der Waals surface area contributed by atoms with E-state index in [9.17, 15) is 4.79 Å². The monoisotopic (exact) mass is 368 g/mol. The van der Waals surface area contributed by atoms with E-state index in [1.54, 1.807) is 5.51 Å². The van der Waals surface area contributed by atoms with Gasteiger partial charge in [0.2, 0.25) is 11.8 Å². The number of carbonyl (C=O) groups is 1. The highest BCUT2D eigenvalue weighted by molar-refractivity contribution is 7.13. The zero-order valence-corrected chi connectivity index (χ0v) is 15.6. The molecular formula is C19H20N4O2S. The molecule has 2 aromatic heterocycles. The van der Waals surface area contributed by atoms with Gasteiger partial charge in [0.1, 0.15) is 10.9 Å². The average molecular weight is 368 g/mol. The summed E-state index contributed by atoms with van der Waals surface area (Å²) in [5.41, 5.74) is 4.85. The number of aryl methyl sites for hydroxylation is 2. The Labute approximate surface area is 155 Å². The number of aromatic nitrogens is 3. The van der Waals surface area contributed by atoms with Crippen LogP contribution in [0.1, 0.15) is 41.6 Å². The highest BCUT2D eigenvalue weighted by Crippen LogP contribution is 2.34. The van der Waals surface area contributed by atoms with Gasteiger partial charge in [0, 0.05) is 6.54 Å². The third-order valence-electron chi connectivity index (χ3n) is 4.84. The number of benzene rings is 1. The fourth-order valence-electron chi connectivity index (χ4n) is 3.36. The van der Waals surface area contributed by atoms with Crippen molar-refractivity contribution in [2.24, 2.45) is 0 Å². The lowest BCUT2D eigenvalue weighted by Gasteiger charge is -2.22. The van der Waals surface area contributed by atoms with Gasteiger partial charge in [-0.05, 0) is 37.8 Å². The van der Waals surface area contributed by atoms with Crippen molar-refractivity contribution in [1.82, 2.24) is 20.1 Å². The molecule has 0 radical (unpaired) electrons. The fraction of sp³-hybridized carbons (Fsp3) is 0.368. The first-order chi connectivity index (χ1) is 12.6. The molecule has 6 nitrogen and oxygen atoms in total. The van der Waals surface area contributed by atoms with E-state index in [1.165, 1.54) is 11.3 Å². The molecule has 0 aliphatic carbocycles. The van der Waals surface area contributed by atoms with Crippen LogP contribution in [0.25, 0.3) is 10.8 Å². The van der Waals surface area contributed by atoms with Gasteiger partial charge in [0.15, 0.2) is 0 Å². The number of carbonyl (C=O) groups excluding carboxylic acids is 1. The van der Waals surface area contributed by atoms with E-state index < -0.39 is 0 Å². The van der Waals surface area contributed by atoms with Crippen molar-refractivity contribution in [3.63, 3.8) is 0 Å². The minimum Gasteiger partial charge on any atom is -0.418 e. The highest BCUT2D eigenvalue weighted by atomic mass is 32.1. The summed E-state index contributed by atoms with van der Waals surface area (Å²) >= 11 is 1.48. The maximum atomic E-state index is 12.9. The van der Waals surface area contributed by atoms with Crippen LogP contribution in [0.3, 0.4) is 0 Å². The van der Waals surface area contributed by atoms with E-state index in [4.69, 9.17) is 4.42 Å². The van der Waals surface area contributed by atoms with Crippen LogP contribution in [-0.2, 0) is 11.2 Å². The molecule has 0 spiro atoms. The minimum atomic E-state index is -0.138. The Hall–Kier alpha value is -2.54. The van der Waals surface area contributed by atoms with Crippen molar-refractivity contribution >= 4 is 17.2 Å². The molecule has 3 heterocycles. The van der Waals surface area contributed by atoms with Gasteiger partial charge in [-0.1, -0.05) is 24.3 Å². The summed E-state index contributed by atoms with van der Waals surface area (Å²) in [5, 5.41) is 8.39. The Balaban J connectivity index is 1.54. The molecule has 3 aromatic rings. The molecule has 1 amide bonds. The summed E-state index contributed by atoms with van der Waals surface area (Å²) in [6, 6.07) is 7.87. The Morgan fingerprint density at radius 1 is 1.31 bits per heavy atom. The maximum Gasteiger partial charge on any atom is 0.259 e. The molecule has 1 aliphatic rings. The van der Waals surface area contributed by atoms with E-state index >= 15 is 0 Å². The van der Waals surface area contributed by atoms with Gasteiger partial charge in [-0.25, -0.2) is 4.98 Å². The Morgan fingerprint density at radius 2 is 2.15 bits per heavy atom. The third kappa shape index (κ3) is 3.14. The number of hydrogen-bond donors (Lipinski definition) is 0. The van der Waals surface area contributed by atoms with Gasteiger partial charge in [-0.15, -0.1) is 21.5 Å². The molecular weight excluding hydrogens is 348 g/mol. The standard InChI is InChI=1S/C19H20N4O2S/c1-12-6-3-4-7-14(12)10-16(24)23-9-5-8-15(23)18-21-22-19(25-18)17-13(2)20-11-26-17/h3-4,6-7,11,15H,5,8-10H2,1-2H3/t15-/m0/s1. The van der Waals surface area contributed by atoms with Crippen LogP contribution in [0.2, 0.25) is 0 Å². The van der Waals surface area contributed by atoms with Crippen LogP contribution in [-0.4, -0.2) is 32.5 Å². The summed E-state index contributed by atoms with van der Waals surface area (Å²) in [4.78, 5) is 19.9. The van der Waals surface area contributed by atoms with E-state index in [-0.39, 0.29) is 11.9 Å². The Kier molecular flexibility index (Phi) is 4.55. The molecule has 1 aliphatic heterocycles. The molecule has 1 atom stereocenters. The number of hydrogen-bond acceptors (Lipinski definition) is 6. The topological polar surface area (TPSA) is 72.1 Å². The van der Waals surface area contributed by atoms with Gasteiger partial charge in [-0.3, -0.25) is 4.79 Å². The zero-order chi connectivity index (χ0) is 18.1. The molecule has 4 rings (SSSR count). The third-order valence-corrected chi connectivity index (χ3v) is 5.76. The number of rotatable bonds is 4. The van der Waals surface area contributed by atoms with Crippen LogP contribution in [0.5, 0.6) is 0 Å². The number of nitrogens with zero attached hydrogens (tertiary/aromatic N) is 4. The van der Waals surface area contributed by atoms with Crippen molar-refractivity contribution < 1.29 is 9.21 Å². The predicted octanol–water partition coefficient (Wildman–Crippen LogP) is 3.72. The first kappa shape index (κ1) is 16.9. The second-order valence-corrected chi connectivity index (χ2v) is 7.42. The highest BCUT2D eigenvalue weighted by Gasteiger charge is 2.34. The van der Waals surface area contributed by atoms with Crippen molar-refractivity contribution in [2.45, 2.75) is 39.2 Å². The van der Waals surface area contributed by atoms with Crippen LogP contribution in [0.4, 0.5) is 0 Å². The van der Waals surface area contributed by atoms with Crippen molar-refractivity contribution in [2.75, 3.05) is 6.54 Å². The molecule has 1 fully saturated rings.